The zero-order chi connectivity index (χ0) is 23.8. The molecule has 3 aromatic heterocycles. The molecule has 1 aliphatic heterocycles. The third-order valence-corrected chi connectivity index (χ3v) is 5.56. The molecule has 34 heavy (non-hydrogen) atoms. The molecule has 0 radical (unpaired) electrons. The Bertz CT molecular complexity index is 1390. The molecule has 0 aliphatic carbocycles. The smallest absolute Gasteiger partial charge is 0.409 e. The maximum Gasteiger partial charge on any atom is 0.409 e. The van der Waals surface area contributed by atoms with Gasteiger partial charge in [0.1, 0.15) is 11.3 Å². The number of fused-ring (bicyclic) bond motifs is 1. The van der Waals surface area contributed by atoms with Gasteiger partial charge in [0, 0.05) is 24.5 Å². The lowest BCUT2D eigenvalue weighted by Gasteiger charge is -2.35. The van der Waals surface area contributed by atoms with Gasteiger partial charge in [-0.05, 0) is 41.9 Å². The van der Waals surface area contributed by atoms with E-state index < -0.39 is 17.9 Å². The summed E-state index contributed by atoms with van der Waals surface area (Å²) in [7, 11) is 1.33. The molecule has 12 heteroatoms. The molecule has 0 spiro atoms. The number of methoxy groups -OCH3 is 1. The van der Waals surface area contributed by atoms with E-state index in [1.165, 1.54) is 30.3 Å². The van der Waals surface area contributed by atoms with Crippen LogP contribution in [0.2, 0.25) is 0 Å². The lowest BCUT2D eigenvalue weighted by Crippen LogP contribution is -2.48. The fraction of sp³-hybridized carbons (Fsp3) is 0.227. The SMILES string of the molecule is COC(=O)N1CC(c2nc(Nc3ccc(C)c(NC(=O)c4cnc5cccc(F)n45)c3)no2)C1. The van der Waals surface area contributed by atoms with Crippen molar-refractivity contribution >= 4 is 35.0 Å². The second-order valence-corrected chi connectivity index (χ2v) is 7.82. The number of nitrogens with one attached hydrogen (secondary N) is 2. The summed E-state index contributed by atoms with van der Waals surface area (Å²) in [5.74, 6) is -0.475. The molecule has 174 valence electrons. The molecule has 1 fully saturated rings. The van der Waals surface area contributed by atoms with Gasteiger partial charge in [0.05, 0.1) is 19.2 Å². The molecule has 1 aliphatic rings. The molecule has 0 unspecified atom stereocenters. The largest absolute Gasteiger partial charge is 0.453 e. The van der Waals surface area contributed by atoms with Crippen molar-refractivity contribution in [1.29, 1.82) is 0 Å². The topological polar surface area (TPSA) is 127 Å². The Morgan fingerprint density at radius 3 is 2.85 bits per heavy atom. The number of hydrogen-bond acceptors (Lipinski definition) is 8. The third kappa shape index (κ3) is 3.89. The minimum atomic E-state index is -0.582. The van der Waals surface area contributed by atoms with E-state index in [4.69, 9.17) is 4.52 Å². The van der Waals surface area contributed by atoms with Crippen LogP contribution < -0.4 is 10.6 Å². The number of hydrogen-bond donors (Lipinski definition) is 2. The number of rotatable bonds is 5. The normalized spacial score (nSPS) is 13.6. The molecule has 11 nitrogen and oxygen atoms in total. The minimum Gasteiger partial charge on any atom is -0.453 e. The second-order valence-electron chi connectivity index (χ2n) is 7.82. The van der Waals surface area contributed by atoms with Crippen LogP contribution in [0.5, 0.6) is 0 Å². The van der Waals surface area contributed by atoms with Crippen molar-refractivity contribution in [2.24, 2.45) is 0 Å². The summed E-state index contributed by atoms with van der Waals surface area (Å²) in [4.78, 5) is 34.3. The van der Waals surface area contributed by atoms with E-state index in [0.717, 1.165) is 9.96 Å². The number of amides is 2. The van der Waals surface area contributed by atoms with E-state index in [1.807, 2.05) is 13.0 Å². The Morgan fingerprint density at radius 2 is 2.06 bits per heavy atom. The molecule has 0 bridgehead atoms. The number of aryl methyl sites for hydroxylation is 1. The van der Waals surface area contributed by atoms with Crippen molar-refractivity contribution in [1.82, 2.24) is 24.4 Å². The molecule has 2 amide bonds. The van der Waals surface area contributed by atoms with Crippen molar-refractivity contribution in [3.05, 3.63) is 65.7 Å². The van der Waals surface area contributed by atoms with Crippen molar-refractivity contribution in [3.63, 3.8) is 0 Å². The fourth-order valence-corrected chi connectivity index (χ4v) is 3.67. The first-order valence-corrected chi connectivity index (χ1v) is 10.4. The highest BCUT2D eigenvalue weighted by Gasteiger charge is 2.36. The summed E-state index contributed by atoms with van der Waals surface area (Å²) in [5, 5.41) is 9.77. The summed E-state index contributed by atoms with van der Waals surface area (Å²) >= 11 is 0. The molecule has 4 aromatic rings. The Labute approximate surface area is 192 Å². The quantitative estimate of drug-likeness (QED) is 0.430. The maximum atomic E-state index is 14.2. The highest BCUT2D eigenvalue weighted by atomic mass is 19.1. The molecule has 1 aromatic carbocycles. The van der Waals surface area contributed by atoms with Gasteiger partial charge in [-0.2, -0.15) is 9.37 Å². The van der Waals surface area contributed by atoms with Crippen LogP contribution in [0.4, 0.5) is 26.5 Å². The van der Waals surface area contributed by atoms with Crippen molar-refractivity contribution in [2.45, 2.75) is 12.8 Å². The van der Waals surface area contributed by atoms with Gasteiger partial charge < -0.3 is 24.8 Å². The van der Waals surface area contributed by atoms with Gasteiger partial charge in [0.2, 0.25) is 5.89 Å². The van der Waals surface area contributed by atoms with Gasteiger partial charge in [-0.3, -0.25) is 9.20 Å². The van der Waals surface area contributed by atoms with Crippen molar-refractivity contribution in [3.8, 4) is 0 Å². The summed E-state index contributed by atoms with van der Waals surface area (Å²) in [6, 6.07) is 9.74. The van der Waals surface area contributed by atoms with Gasteiger partial charge in [0.25, 0.3) is 11.9 Å². The molecular weight excluding hydrogens is 445 g/mol. The van der Waals surface area contributed by atoms with Crippen LogP contribution in [0.15, 0.2) is 47.1 Å². The van der Waals surface area contributed by atoms with E-state index >= 15 is 0 Å². The number of carbonyl (C=O) groups is 2. The van der Waals surface area contributed by atoms with E-state index in [2.05, 4.69) is 30.5 Å². The van der Waals surface area contributed by atoms with Crippen molar-refractivity contribution in [2.75, 3.05) is 30.8 Å². The first-order valence-electron chi connectivity index (χ1n) is 10.4. The Hall–Kier alpha value is -4.48. The predicted octanol–water partition coefficient (Wildman–Crippen LogP) is 3.33. The predicted molar refractivity (Wildman–Crippen MR) is 119 cm³/mol. The lowest BCUT2D eigenvalue weighted by molar-refractivity contribution is 0.0804. The number of pyridine rings is 1. The van der Waals surface area contributed by atoms with Gasteiger partial charge >= 0.3 is 6.09 Å². The van der Waals surface area contributed by atoms with Crippen LogP contribution in [-0.2, 0) is 4.74 Å². The third-order valence-electron chi connectivity index (χ3n) is 5.56. The number of nitrogens with zero attached hydrogens (tertiary/aromatic N) is 5. The molecular formula is C22H20FN7O4. The van der Waals surface area contributed by atoms with E-state index in [0.29, 0.717) is 36.0 Å². The summed E-state index contributed by atoms with van der Waals surface area (Å²) in [5.41, 5.74) is 2.36. The van der Waals surface area contributed by atoms with Gasteiger partial charge in [0.15, 0.2) is 5.95 Å². The van der Waals surface area contributed by atoms with Crippen LogP contribution in [0, 0.1) is 12.9 Å². The van der Waals surface area contributed by atoms with Gasteiger partial charge in [-0.1, -0.05) is 12.1 Å². The van der Waals surface area contributed by atoms with Crippen LogP contribution >= 0.6 is 0 Å². The van der Waals surface area contributed by atoms with Crippen LogP contribution in [0.1, 0.15) is 27.9 Å². The molecule has 0 saturated carbocycles. The highest BCUT2D eigenvalue weighted by molar-refractivity contribution is 6.04. The molecule has 0 atom stereocenters. The molecule has 5 rings (SSSR count). The number of halogens is 1. The lowest BCUT2D eigenvalue weighted by atomic mass is 10.0. The van der Waals surface area contributed by atoms with E-state index in [1.54, 1.807) is 18.2 Å². The van der Waals surface area contributed by atoms with Crippen molar-refractivity contribution < 1.29 is 23.2 Å². The molecule has 1 saturated heterocycles. The number of anilines is 3. The molecule has 2 N–H and O–H groups in total. The summed E-state index contributed by atoms with van der Waals surface area (Å²) < 4.78 is 25.3. The summed E-state index contributed by atoms with van der Waals surface area (Å²) in [6.45, 7) is 2.72. The maximum absolute atomic E-state index is 14.2. The number of benzene rings is 1. The Balaban J connectivity index is 1.29. The summed E-state index contributed by atoms with van der Waals surface area (Å²) in [6.07, 6.45) is 0.934. The number of ether oxygens (including phenoxy) is 1. The number of aromatic nitrogens is 4. The average molecular weight is 465 g/mol. The first-order chi connectivity index (χ1) is 16.4. The number of imidazole rings is 1. The average Bonchev–Trinajstić information content (AvgIpc) is 3.43. The van der Waals surface area contributed by atoms with Gasteiger partial charge in [-0.25, -0.2) is 9.78 Å². The zero-order valence-corrected chi connectivity index (χ0v) is 18.3. The monoisotopic (exact) mass is 465 g/mol. The van der Waals surface area contributed by atoms with Gasteiger partial charge in [-0.15, -0.1) is 0 Å². The second kappa shape index (κ2) is 8.46. The van der Waals surface area contributed by atoms with Crippen LogP contribution in [-0.4, -0.2) is 56.6 Å². The van der Waals surface area contributed by atoms with Crippen LogP contribution in [0.3, 0.4) is 0 Å². The Kier molecular flexibility index (Phi) is 5.32. The van der Waals surface area contributed by atoms with E-state index in [-0.39, 0.29) is 17.6 Å². The highest BCUT2D eigenvalue weighted by Crippen LogP contribution is 2.28. The molecule has 4 heterocycles. The number of carbonyl (C=O) groups excluding carboxylic acids is 2. The standard InChI is InChI=1S/C22H20FN7O4/c1-12-6-7-14(25-21-27-20(34-28-21)13-10-29(11-13)22(32)33-2)8-15(12)26-19(31)16-9-24-18-5-3-4-17(23)30(16)18/h3-9,13H,10-11H2,1-2H3,(H,25,28)(H,26,31). The fourth-order valence-electron chi connectivity index (χ4n) is 3.67. The minimum absolute atomic E-state index is 0.0547. The Morgan fingerprint density at radius 1 is 1.24 bits per heavy atom. The van der Waals surface area contributed by atoms with Crippen LogP contribution in [0.25, 0.3) is 5.65 Å². The van der Waals surface area contributed by atoms with E-state index in [9.17, 15) is 14.0 Å². The zero-order valence-electron chi connectivity index (χ0n) is 18.3. The first kappa shape index (κ1) is 21.4. The number of likely N-dealkylation sites (tertiary alicyclic amines) is 1.